The number of benzene rings is 1. The Balaban J connectivity index is 3.08. The van der Waals surface area contributed by atoms with Gasteiger partial charge in [-0.25, -0.2) is 4.57 Å². The van der Waals surface area contributed by atoms with E-state index >= 15 is 0 Å². The fourth-order valence-corrected chi connectivity index (χ4v) is 1.51. The maximum absolute atomic E-state index is 10.6. The molecule has 1 radical (unpaired) electrons. The van der Waals surface area contributed by atoms with Crippen LogP contribution < -0.4 is 5.09 Å². The highest BCUT2D eigenvalue weighted by Gasteiger charge is 2.18. The van der Waals surface area contributed by atoms with Gasteiger partial charge in [0.1, 0.15) is 0 Å². The van der Waals surface area contributed by atoms with Gasteiger partial charge in [-0.3, -0.25) is 0 Å². The van der Waals surface area contributed by atoms with Crippen molar-refractivity contribution in [2.24, 2.45) is 0 Å². The van der Waals surface area contributed by atoms with Crippen LogP contribution in [-0.2, 0) is 4.57 Å². The molecule has 1 aromatic carbocycles. The van der Waals surface area contributed by atoms with Gasteiger partial charge in [-0.15, -0.1) is 0 Å². The highest BCUT2D eigenvalue weighted by atomic mass is 32.1. The molecule has 0 unspecified atom stereocenters. The molecule has 0 saturated carbocycles. The molecule has 1 rings (SSSR count). The molecule has 75 valence electrons. The number of hydrogen-bond donors (Lipinski definition) is 3. The Morgan fingerprint density at radius 3 is 2.43 bits per heavy atom. The first-order valence-electron chi connectivity index (χ1n) is 3.51. The predicted molar refractivity (Wildman–Crippen MR) is 54.6 cm³/mol. The van der Waals surface area contributed by atoms with Crippen LogP contribution in [0.4, 0.5) is 5.69 Å². The molecule has 0 atom stereocenters. The van der Waals surface area contributed by atoms with Crippen molar-refractivity contribution in [3.63, 3.8) is 0 Å². The lowest BCUT2D eigenvalue weighted by Crippen LogP contribution is -2.02. The molecule has 0 spiro atoms. The van der Waals surface area contributed by atoms with Gasteiger partial charge in [-0.2, -0.15) is 5.09 Å². The largest absolute Gasteiger partial charge is 0.498 e. The Morgan fingerprint density at radius 2 is 1.93 bits per heavy atom. The topological polar surface area (TPSA) is 91.9 Å². The highest BCUT2D eigenvalue weighted by Crippen LogP contribution is 2.36. The van der Waals surface area contributed by atoms with Crippen LogP contribution in [0.1, 0.15) is 5.56 Å². The van der Waals surface area contributed by atoms with Gasteiger partial charge in [0, 0.05) is 0 Å². The number of nitrogens with zero attached hydrogens (tertiary/aromatic N) is 1. The summed E-state index contributed by atoms with van der Waals surface area (Å²) in [4.78, 5) is 17.2. The molecule has 0 bridgehead atoms. The third-order valence-corrected chi connectivity index (χ3v) is 2.07. The van der Waals surface area contributed by atoms with Crippen LogP contribution in [0.25, 0.3) is 0 Å². The smallest absolute Gasteiger partial charge is 0.449 e. The van der Waals surface area contributed by atoms with Gasteiger partial charge in [-0.05, 0) is 24.4 Å². The Morgan fingerprint density at radius 1 is 1.36 bits per heavy atom. The van der Waals surface area contributed by atoms with Crippen molar-refractivity contribution >= 4 is 30.7 Å². The van der Waals surface area contributed by atoms with Crippen molar-refractivity contribution in [2.45, 2.75) is 0 Å². The van der Waals surface area contributed by atoms with Crippen molar-refractivity contribution < 1.29 is 19.5 Å². The Hall–Kier alpha value is -0.940. The van der Waals surface area contributed by atoms with E-state index in [2.05, 4.69) is 17.3 Å². The van der Waals surface area contributed by atoms with Crippen molar-refractivity contribution in [3.05, 3.63) is 29.8 Å². The van der Waals surface area contributed by atoms with Crippen LogP contribution in [-0.4, -0.2) is 19.9 Å². The zero-order chi connectivity index (χ0) is 10.8. The summed E-state index contributed by atoms with van der Waals surface area (Å²) >= 11 is 4.48. The fraction of sp³-hybridized carbons (Fsp3) is 0. The molecule has 0 saturated heterocycles. The molecule has 0 fully saturated rings. The summed E-state index contributed by atoms with van der Waals surface area (Å²) in [6.45, 7) is 0. The van der Waals surface area contributed by atoms with Crippen molar-refractivity contribution in [3.8, 4) is 0 Å². The maximum Gasteiger partial charge on any atom is 0.449 e. The van der Waals surface area contributed by atoms with Crippen LogP contribution in [0.2, 0.25) is 0 Å². The van der Waals surface area contributed by atoms with Gasteiger partial charge in [0.2, 0.25) is 0 Å². The molecule has 0 aliphatic heterocycles. The fourth-order valence-electron chi connectivity index (χ4n) is 0.882. The number of aliphatic hydroxyl groups excluding tert-OH is 1. The summed E-state index contributed by atoms with van der Waals surface area (Å²) in [6.07, 6.45) is 0. The summed E-state index contributed by atoms with van der Waals surface area (Å²) < 4.78 is 10.6. The zero-order valence-electron chi connectivity index (χ0n) is 6.86. The summed E-state index contributed by atoms with van der Waals surface area (Å²) in [5, 5.41) is 11.7. The molecule has 1 aromatic rings. The van der Waals surface area contributed by atoms with E-state index < -0.39 is 12.8 Å². The van der Waals surface area contributed by atoms with Gasteiger partial charge in [-0.1, -0.05) is 12.1 Å². The minimum absolute atomic E-state index is 0.0201. The SMILES string of the molecule is O=P(O)(O)[N]c1ccccc1C(O)=S. The van der Waals surface area contributed by atoms with E-state index in [0.717, 1.165) is 0 Å². The van der Waals surface area contributed by atoms with Gasteiger partial charge < -0.3 is 14.9 Å². The number of aliphatic hydroxyl groups is 1. The third kappa shape index (κ3) is 3.08. The molecule has 0 heterocycles. The van der Waals surface area contributed by atoms with Crippen LogP contribution in [0.15, 0.2) is 24.3 Å². The highest BCUT2D eigenvalue weighted by molar-refractivity contribution is 7.80. The van der Waals surface area contributed by atoms with Gasteiger partial charge in [0.15, 0.2) is 5.05 Å². The first-order valence-corrected chi connectivity index (χ1v) is 5.48. The van der Waals surface area contributed by atoms with Crippen LogP contribution in [0.3, 0.4) is 0 Å². The average molecular weight is 232 g/mol. The lowest BCUT2D eigenvalue weighted by atomic mass is 10.2. The van der Waals surface area contributed by atoms with E-state index in [1.165, 1.54) is 18.2 Å². The number of thiocarbonyl (C=S) groups is 1. The van der Waals surface area contributed by atoms with Crippen molar-refractivity contribution in [2.75, 3.05) is 0 Å². The Kier molecular flexibility index (Phi) is 3.23. The molecule has 0 aromatic heterocycles. The average Bonchev–Trinajstić information content (AvgIpc) is 2.01. The quantitative estimate of drug-likeness (QED) is 0.538. The molecular weight excluding hydrogens is 225 g/mol. The van der Waals surface area contributed by atoms with E-state index in [9.17, 15) is 4.57 Å². The van der Waals surface area contributed by atoms with E-state index in [1.807, 2.05) is 0 Å². The van der Waals surface area contributed by atoms with Crippen LogP contribution >= 0.6 is 20.0 Å². The van der Waals surface area contributed by atoms with Crippen molar-refractivity contribution in [1.29, 1.82) is 0 Å². The molecule has 0 amide bonds. The second kappa shape index (κ2) is 4.06. The second-order valence-electron chi connectivity index (χ2n) is 2.44. The van der Waals surface area contributed by atoms with Crippen LogP contribution in [0, 0.1) is 0 Å². The first kappa shape index (κ1) is 11.1. The summed E-state index contributed by atoms with van der Waals surface area (Å²) in [5.74, 6) is 0. The monoisotopic (exact) mass is 232 g/mol. The zero-order valence-corrected chi connectivity index (χ0v) is 8.57. The lowest BCUT2D eigenvalue weighted by Gasteiger charge is -2.07. The van der Waals surface area contributed by atoms with Crippen molar-refractivity contribution in [1.82, 2.24) is 5.09 Å². The van der Waals surface area contributed by atoms with E-state index in [-0.39, 0.29) is 11.3 Å². The molecule has 0 aliphatic rings. The van der Waals surface area contributed by atoms with Crippen LogP contribution in [0.5, 0.6) is 0 Å². The number of rotatable bonds is 3. The summed E-state index contributed by atoms with van der Waals surface area (Å²) in [7, 11) is -4.50. The van der Waals surface area contributed by atoms with E-state index in [0.29, 0.717) is 0 Å². The Labute approximate surface area is 85.6 Å². The van der Waals surface area contributed by atoms with Gasteiger partial charge >= 0.3 is 7.75 Å². The van der Waals surface area contributed by atoms with E-state index in [1.54, 1.807) is 6.07 Å². The Bertz CT molecular complexity index is 402. The normalized spacial score (nSPS) is 11.0. The van der Waals surface area contributed by atoms with Gasteiger partial charge in [0.25, 0.3) is 0 Å². The molecule has 3 N–H and O–H groups in total. The molecular formula is C7H7NO4PS. The molecule has 14 heavy (non-hydrogen) atoms. The predicted octanol–water partition coefficient (Wildman–Crippen LogP) is 1.25. The standard InChI is InChI=1S/C7H7NO4PS/c9-7(14)5-3-1-2-4-6(5)8-13(10,11)12/h1-4H,(H,9,14)(H2,10,11,12). The lowest BCUT2D eigenvalue weighted by molar-refractivity contribution is 0.364. The van der Waals surface area contributed by atoms with E-state index in [4.69, 9.17) is 14.9 Å². The summed E-state index contributed by atoms with van der Waals surface area (Å²) in [5.41, 5.74) is 0.110. The maximum atomic E-state index is 10.6. The number of hydrogen-bond acceptors (Lipinski definition) is 2. The van der Waals surface area contributed by atoms with Gasteiger partial charge in [0.05, 0.1) is 11.3 Å². The minimum atomic E-state index is -4.50. The summed E-state index contributed by atoms with van der Waals surface area (Å²) in [6, 6.07) is 5.90. The molecule has 5 nitrogen and oxygen atoms in total. The second-order valence-corrected chi connectivity index (χ2v) is 4.05. The first-order chi connectivity index (χ1) is 6.40. The minimum Gasteiger partial charge on any atom is -0.498 e. The molecule has 0 aliphatic carbocycles. The third-order valence-electron chi connectivity index (χ3n) is 1.37. The molecule has 7 heteroatoms.